The summed E-state index contributed by atoms with van der Waals surface area (Å²) < 4.78 is 65.6. The van der Waals surface area contributed by atoms with E-state index in [1.807, 2.05) is 120 Å². The maximum atomic E-state index is 13.4. The van der Waals surface area contributed by atoms with Crippen LogP contribution >= 0.6 is 0 Å². The molecule has 0 saturated carbocycles. The van der Waals surface area contributed by atoms with Gasteiger partial charge in [0.25, 0.3) is 11.1 Å². The molecule has 3 aromatic heterocycles. The molecule has 0 bridgehead atoms. The van der Waals surface area contributed by atoms with Crippen molar-refractivity contribution in [3.63, 3.8) is 0 Å². The Bertz CT molecular complexity index is 2470. The highest BCUT2D eigenvalue weighted by Gasteiger charge is 2.13. The zero-order valence-electron chi connectivity index (χ0n) is 41.7. The van der Waals surface area contributed by atoms with E-state index < -0.39 is 0 Å². The predicted molar refractivity (Wildman–Crippen MR) is 265 cm³/mol. The molecule has 0 N–H and O–H groups in total. The minimum absolute atomic E-state index is 0.0345. The molecular formula is C55H72F3N3O6. The maximum absolute atomic E-state index is 13.4. The zero-order chi connectivity index (χ0) is 50.1. The Morgan fingerprint density at radius 2 is 1.13 bits per heavy atom. The van der Waals surface area contributed by atoms with E-state index in [1.54, 1.807) is 58.1 Å². The molecule has 0 aliphatic rings. The van der Waals surface area contributed by atoms with E-state index in [9.17, 15) is 22.8 Å². The van der Waals surface area contributed by atoms with E-state index in [1.165, 1.54) is 36.4 Å². The first kappa shape index (κ1) is 57.0. The molecule has 1 atom stereocenters. The number of halogens is 3. The van der Waals surface area contributed by atoms with Crippen LogP contribution in [0, 0.1) is 24.4 Å². The molecule has 0 fully saturated rings. The van der Waals surface area contributed by atoms with Gasteiger partial charge in [0.15, 0.2) is 0 Å². The van der Waals surface area contributed by atoms with Crippen LogP contribution < -0.4 is 25.3 Å². The van der Waals surface area contributed by atoms with Gasteiger partial charge in [0, 0.05) is 61.0 Å². The fourth-order valence-electron chi connectivity index (χ4n) is 6.29. The quantitative estimate of drug-likeness (QED) is 0.0892. The normalized spacial score (nSPS) is 10.9. The summed E-state index contributed by atoms with van der Waals surface area (Å²) in [4.78, 5) is 28.1. The molecule has 0 aliphatic heterocycles. The van der Waals surface area contributed by atoms with Gasteiger partial charge in [0.2, 0.25) is 0 Å². The lowest BCUT2D eigenvalue weighted by Gasteiger charge is -2.16. The first-order valence-electron chi connectivity index (χ1n) is 23.2. The van der Waals surface area contributed by atoms with E-state index in [4.69, 9.17) is 18.9 Å². The van der Waals surface area contributed by atoms with Crippen molar-refractivity contribution in [1.29, 1.82) is 0 Å². The van der Waals surface area contributed by atoms with Crippen molar-refractivity contribution in [2.45, 2.75) is 134 Å². The number of benzene rings is 3. The summed E-state index contributed by atoms with van der Waals surface area (Å²) in [5.41, 5.74) is 5.19. The SMILES string of the molecule is CC.CC.CC(C)c1ccc(F)cc1OCc1ccn(C(C)C)c(=O)c1.CCc1ccc(F)cc1OC(C)c1ccccn1.Cc1ccc(F)cc1OCCOCc1ccn(C(C)C)c(=O)c1. The monoisotopic (exact) mass is 928 g/mol. The highest BCUT2D eigenvalue weighted by molar-refractivity contribution is 5.37. The number of hydrogen-bond donors (Lipinski definition) is 0. The Morgan fingerprint density at radius 1 is 0.597 bits per heavy atom. The van der Waals surface area contributed by atoms with Gasteiger partial charge in [0.1, 0.15) is 54.0 Å². The third-order valence-electron chi connectivity index (χ3n) is 9.85. The second-order valence-corrected chi connectivity index (χ2v) is 15.8. The number of nitrogens with zero attached hydrogens (tertiary/aromatic N) is 3. The molecule has 6 aromatic rings. The summed E-state index contributed by atoms with van der Waals surface area (Å²) >= 11 is 0. The van der Waals surface area contributed by atoms with Crippen LogP contribution in [0.3, 0.4) is 0 Å². The number of aryl methyl sites for hydroxylation is 2. The Morgan fingerprint density at radius 3 is 1.66 bits per heavy atom. The number of pyridine rings is 3. The van der Waals surface area contributed by atoms with Gasteiger partial charge >= 0.3 is 0 Å². The molecule has 3 heterocycles. The van der Waals surface area contributed by atoms with Crippen molar-refractivity contribution in [1.82, 2.24) is 14.1 Å². The molecule has 3 aromatic carbocycles. The molecule has 1 unspecified atom stereocenters. The highest BCUT2D eigenvalue weighted by atomic mass is 19.1. The predicted octanol–water partition coefficient (Wildman–Crippen LogP) is 13.7. The Labute approximate surface area is 396 Å². The van der Waals surface area contributed by atoms with Crippen LogP contribution in [0.4, 0.5) is 13.2 Å². The third-order valence-corrected chi connectivity index (χ3v) is 9.85. The second kappa shape index (κ2) is 30.2. The average Bonchev–Trinajstić information content (AvgIpc) is 3.31. The highest BCUT2D eigenvalue weighted by Crippen LogP contribution is 2.28. The molecule has 12 heteroatoms. The molecular weight excluding hydrogens is 856 g/mol. The van der Waals surface area contributed by atoms with E-state index in [-0.39, 0.29) is 59.3 Å². The van der Waals surface area contributed by atoms with Crippen LogP contribution in [0.15, 0.2) is 125 Å². The maximum Gasteiger partial charge on any atom is 0.251 e. The molecule has 9 nitrogen and oxygen atoms in total. The molecule has 0 spiro atoms. The minimum atomic E-state index is -0.324. The molecule has 0 amide bonds. The van der Waals surface area contributed by atoms with Gasteiger partial charge < -0.3 is 28.1 Å². The largest absolute Gasteiger partial charge is 0.491 e. The summed E-state index contributed by atoms with van der Waals surface area (Å²) in [7, 11) is 0. The summed E-state index contributed by atoms with van der Waals surface area (Å²) in [6.45, 7) is 27.0. The molecule has 0 aliphatic carbocycles. The number of ether oxygens (including phenoxy) is 4. The topological polar surface area (TPSA) is 93.8 Å². The summed E-state index contributed by atoms with van der Waals surface area (Å²) in [6, 6.07) is 26.5. The summed E-state index contributed by atoms with van der Waals surface area (Å²) in [5.74, 6) is 0.957. The van der Waals surface area contributed by atoms with Gasteiger partial charge in [0.05, 0.1) is 18.9 Å². The van der Waals surface area contributed by atoms with Crippen molar-refractivity contribution in [3.8, 4) is 17.2 Å². The van der Waals surface area contributed by atoms with Crippen molar-refractivity contribution in [2.75, 3.05) is 13.2 Å². The van der Waals surface area contributed by atoms with Crippen molar-refractivity contribution in [2.24, 2.45) is 0 Å². The first-order chi connectivity index (χ1) is 32.1. The minimum Gasteiger partial charge on any atom is -0.491 e. The van der Waals surface area contributed by atoms with Crippen LogP contribution in [0.1, 0.15) is 141 Å². The lowest BCUT2D eigenvalue weighted by molar-refractivity contribution is 0.0884. The third kappa shape index (κ3) is 19.3. The van der Waals surface area contributed by atoms with Crippen LogP contribution in [-0.4, -0.2) is 27.3 Å². The van der Waals surface area contributed by atoms with Gasteiger partial charge in [-0.3, -0.25) is 14.6 Å². The Kier molecular flexibility index (Phi) is 25.7. The number of aromatic nitrogens is 3. The van der Waals surface area contributed by atoms with E-state index >= 15 is 0 Å². The van der Waals surface area contributed by atoms with Gasteiger partial charge in [-0.15, -0.1) is 0 Å². The van der Waals surface area contributed by atoms with Crippen LogP contribution in [0.25, 0.3) is 0 Å². The second-order valence-electron chi connectivity index (χ2n) is 15.8. The molecule has 67 heavy (non-hydrogen) atoms. The fourth-order valence-corrected chi connectivity index (χ4v) is 6.29. The van der Waals surface area contributed by atoms with Gasteiger partial charge in [-0.2, -0.15) is 0 Å². The van der Waals surface area contributed by atoms with Gasteiger partial charge in [-0.25, -0.2) is 13.2 Å². The molecule has 364 valence electrons. The van der Waals surface area contributed by atoms with Gasteiger partial charge in [-0.05, 0) is 124 Å². The number of rotatable bonds is 16. The molecule has 0 saturated heterocycles. The van der Waals surface area contributed by atoms with Crippen molar-refractivity contribution in [3.05, 3.63) is 187 Å². The van der Waals surface area contributed by atoms with Crippen LogP contribution in [0.5, 0.6) is 17.2 Å². The van der Waals surface area contributed by atoms with Crippen LogP contribution in [0.2, 0.25) is 0 Å². The molecule has 6 rings (SSSR count). The van der Waals surface area contributed by atoms with Crippen molar-refractivity contribution >= 4 is 0 Å². The van der Waals surface area contributed by atoms with Gasteiger partial charge in [-0.1, -0.05) is 72.7 Å². The van der Waals surface area contributed by atoms with Crippen LogP contribution in [-0.2, 0) is 24.4 Å². The summed E-state index contributed by atoms with van der Waals surface area (Å²) in [5, 5.41) is 0. The number of hydrogen-bond acceptors (Lipinski definition) is 7. The van der Waals surface area contributed by atoms with E-state index in [2.05, 4.69) is 4.98 Å². The Balaban J connectivity index is 0.000000334. The average molecular weight is 928 g/mol. The lowest BCUT2D eigenvalue weighted by Crippen LogP contribution is -2.21. The summed E-state index contributed by atoms with van der Waals surface area (Å²) in [6.07, 6.45) is 5.88. The smallest absolute Gasteiger partial charge is 0.251 e. The van der Waals surface area contributed by atoms with E-state index in [0.717, 1.165) is 39.9 Å². The molecule has 0 radical (unpaired) electrons. The van der Waals surface area contributed by atoms with E-state index in [0.29, 0.717) is 37.1 Å². The fraction of sp³-hybridized carbons (Fsp3) is 0.400. The van der Waals surface area contributed by atoms with Crippen molar-refractivity contribution < 1.29 is 32.1 Å². The lowest BCUT2D eigenvalue weighted by atomic mass is 10.0. The standard InChI is InChI=1S/C18H22FNO3.C18H22FNO2.C15H16FNO.2C2H6/c1-13(2)20-7-6-15(10-18(20)21)12-22-8-9-23-17-11-16(19)5-4-14(17)3;1-12(2)16-6-5-15(19)10-17(16)22-11-14-7-8-20(13(3)4)18(21)9-14;1-3-12-7-8-13(16)10-15(12)18-11(2)14-6-4-5-9-17-14;2*1-2/h4-7,10-11,13H,8-9,12H2,1-3H3;5-10,12-13H,11H2,1-4H3;4-11H,3H2,1-2H3;2*1-2H3. The zero-order valence-corrected chi connectivity index (χ0v) is 41.7. The first-order valence-corrected chi connectivity index (χ1v) is 23.2. The Hall–Kier alpha value is -6.14.